The Hall–Kier alpha value is -5.70. The first-order valence-electron chi connectivity index (χ1n) is 22.1. The summed E-state index contributed by atoms with van der Waals surface area (Å²) in [6, 6.07) is 11.7. The molecule has 326 valence electrons. The average molecular weight is 865 g/mol. The number of nitrogens with zero attached hydrogens (tertiary/aromatic N) is 5. The number of anilines is 2. The highest BCUT2D eigenvalue weighted by Crippen LogP contribution is 2.44. The van der Waals surface area contributed by atoms with Gasteiger partial charge < -0.3 is 20.4 Å². The number of carbonyl (C=O) groups excluding carboxylic acids is 7. The van der Waals surface area contributed by atoms with Crippen molar-refractivity contribution in [2.24, 2.45) is 0 Å². The molecule has 3 aromatic rings. The molecule has 5 heterocycles. The zero-order valence-corrected chi connectivity index (χ0v) is 35.8. The van der Waals surface area contributed by atoms with Gasteiger partial charge in [0.15, 0.2) is 0 Å². The highest BCUT2D eigenvalue weighted by Gasteiger charge is 2.53. The molecular formula is C46H53ClN8O7. The van der Waals surface area contributed by atoms with E-state index in [2.05, 4.69) is 30.8 Å². The van der Waals surface area contributed by atoms with Crippen LogP contribution >= 0.6 is 11.6 Å². The molecule has 62 heavy (non-hydrogen) atoms. The van der Waals surface area contributed by atoms with E-state index in [1.165, 1.54) is 6.33 Å². The standard InChI is InChI=1S/C46H53ClN8O7/c1-27-23-38(58)51-41-39(27)42(50-26-49-41)53-21-22-54(35-24-34(35)53)44(60)32(28-15-17-30(47)18-16-28)25-48-36(56)14-9-7-5-3-2-4-6-8-11-29-12-10-13-31-40(29)46(62)55(45(31)61)33-19-20-37(57)52-43(33)59/h10,12-13,15-18,26-27,32-35H,2-9,11,14,19-25H2,1H3,(H,48,56)(H,52,57,59)(H,49,50,51,58)/t27-,32-,33?,34+,35-/m1/s1. The van der Waals surface area contributed by atoms with Crippen molar-refractivity contribution in [1.29, 1.82) is 0 Å². The fourth-order valence-electron chi connectivity index (χ4n) is 9.66. The molecule has 15 nitrogen and oxygen atoms in total. The molecular weight excluding hydrogens is 812 g/mol. The molecule has 8 rings (SSSR count). The fraction of sp³-hybridized carbons (Fsp3) is 0.500. The molecule has 5 aliphatic rings. The van der Waals surface area contributed by atoms with E-state index in [9.17, 15) is 33.6 Å². The maximum absolute atomic E-state index is 14.3. The van der Waals surface area contributed by atoms with Gasteiger partial charge >= 0.3 is 0 Å². The predicted octanol–water partition coefficient (Wildman–Crippen LogP) is 5.42. The number of piperidine rings is 1. The van der Waals surface area contributed by atoms with E-state index in [1.54, 1.807) is 24.3 Å². The zero-order valence-electron chi connectivity index (χ0n) is 35.0. The minimum absolute atomic E-state index is 0.00907. The normalized spacial score (nSPS) is 22.1. The second kappa shape index (κ2) is 18.7. The first-order chi connectivity index (χ1) is 30.0. The summed E-state index contributed by atoms with van der Waals surface area (Å²) in [4.78, 5) is 104. The van der Waals surface area contributed by atoms with Crippen LogP contribution < -0.4 is 20.9 Å². The van der Waals surface area contributed by atoms with Gasteiger partial charge in [-0.15, -0.1) is 0 Å². The number of hydrogen-bond acceptors (Lipinski definition) is 10. The van der Waals surface area contributed by atoms with Gasteiger partial charge in [0.1, 0.15) is 24.0 Å². The topological polar surface area (TPSA) is 191 Å². The molecule has 5 atom stereocenters. The number of aromatic nitrogens is 2. The van der Waals surface area contributed by atoms with Crippen LogP contribution in [0.1, 0.15) is 140 Å². The molecule has 2 aromatic carbocycles. The number of carbonyl (C=O) groups is 7. The van der Waals surface area contributed by atoms with Crippen molar-refractivity contribution in [2.45, 2.75) is 127 Å². The van der Waals surface area contributed by atoms with Crippen molar-refractivity contribution in [2.75, 3.05) is 29.9 Å². The number of amides is 7. The number of hydrogen-bond donors (Lipinski definition) is 3. The van der Waals surface area contributed by atoms with Gasteiger partial charge in [0.25, 0.3) is 11.8 Å². The SMILES string of the molecule is C[C@@H]1CC(=O)Nc2ncnc(N3CCN(C(=O)[C@H](CNC(=O)CCCCCCCCCCc4cccc5c4C(=O)N(C4CCC(=O)NC4=O)C5=O)c4ccc(Cl)cc4)[C@@H]4C[C@@H]43)c21. The summed E-state index contributed by atoms with van der Waals surface area (Å²) in [5, 5.41) is 8.75. The van der Waals surface area contributed by atoms with Crippen LogP contribution in [-0.2, 0) is 30.4 Å². The van der Waals surface area contributed by atoms with Gasteiger partial charge in [-0.1, -0.05) is 81.3 Å². The molecule has 0 spiro atoms. The molecule has 1 saturated carbocycles. The minimum atomic E-state index is -0.975. The molecule has 1 aromatic heterocycles. The number of fused-ring (bicyclic) bond motifs is 3. The van der Waals surface area contributed by atoms with Crippen LogP contribution in [-0.4, -0.2) is 98.9 Å². The lowest BCUT2D eigenvalue weighted by atomic mass is 9.94. The van der Waals surface area contributed by atoms with E-state index in [0.29, 0.717) is 54.3 Å². The monoisotopic (exact) mass is 864 g/mol. The van der Waals surface area contributed by atoms with Crippen molar-refractivity contribution in [3.8, 4) is 0 Å². The largest absolute Gasteiger partial charge is 0.355 e. The maximum atomic E-state index is 14.3. The van der Waals surface area contributed by atoms with Crippen molar-refractivity contribution in [3.05, 3.63) is 81.6 Å². The summed E-state index contributed by atoms with van der Waals surface area (Å²) < 4.78 is 0. The lowest BCUT2D eigenvalue weighted by Crippen LogP contribution is -2.54. The lowest BCUT2D eigenvalue weighted by Gasteiger charge is -2.38. The Bertz CT molecular complexity index is 2270. The van der Waals surface area contributed by atoms with Gasteiger partial charge in [-0.3, -0.25) is 43.8 Å². The molecule has 3 fully saturated rings. The summed E-state index contributed by atoms with van der Waals surface area (Å²) in [7, 11) is 0. The number of nitrogens with one attached hydrogen (secondary N) is 3. The first-order valence-corrected chi connectivity index (χ1v) is 22.5. The summed E-state index contributed by atoms with van der Waals surface area (Å²) in [5.41, 5.74) is 3.24. The Labute approximate surface area is 365 Å². The van der Waals surface area contributed by atoms with Gasteiger partial charge in [-0.2, -0.15) is 0 Å². The molecule has 0 bridgehead atoms. The Morgan fingerprint density at radius 1 is 0.855 bits per heavy atom. The van der Waals surface area contributed by atoms with E-state index in [0.717, 1.165) is 85.2 Å². The van der Waals surface area contributed by atoms with Gasteiger partial charge in [-0.05, 0) is 67.3 Å². The summed E-state index contributed by atoms with van der Waals surface area (Å²) in [6.45, 7) is 3.33. The molecule has 1 aliphatic carbocycles. The second-order valence-corrected chi connectivity index (χ2v) is 17.7. The smallest absolute Gasteiger partial charge is 0.262 e. The molecule has 3 N–H and O–H groups in total. The quantitative estimate of drug-likeness (QED) is 0.117. The number of rotatable bonds is 17. The summed E-state index contributed by atoms with van der Waals surface area (Å²) >= 11 is 6.21. The highest BCUT2D eigenvalue weighted by molar-refractivity contribution is 6.30. The highest BCUT2D eigenvalue weighted by atomic mass is 35.5. The van der Waals surface area contributed by atoms with Gasteiger partial charge in [-0.25, -0.2) is 9.97 Å². The van der Waals surface area contributed by atoms with Gasteiger partial charge in [0.2, 0.25) is 29.5 Å². The number of piperazine rings is 1. The zero-order chi connectivity index (χ0) is 43.5. The number of halogens is 1. The third-order valence-corrected chi connectivity index (χ3v) is 13.2. The average Bonchev–Trinajstić information content (AvgIpc) is 4.01. The number of unbranched alkanes of at least 4 members (excludes halogenated alkanes) is 7. The van der Waals surface area contributed by atoms with Crippen molar-refractivity contribution < 1.29 is 33.6 Å². The van der Waals surface area contributed by atoms with Crippen LogP contribution in [0, 0.1) is 0 Å². The van der Waals surface area contributed by atoms with E-state index in [-0.39, 0.29) is 55.1 Å². The van der Waals surface area contributed by atoms with Crippen LogP contribution in [0.2, 0.25) is 5.02 Å². The Kier molecular flexibility index (Phi) is 13.0. The number of aryl methyl sites for hydroxylation is 1. The van der Waals surface area contributed by atoms with Gasteiger partial charge in [0.05, 0.1) is 29.1 Å². The van der Waals surface area contributed by atoms with E-state index >= 15 is 0 Å². The molecule has 2 saturated heterocycles. The molecule has 0 radical (unpaired) electrons. The Morgan fingerprint density at radius 3 is 2.35 bits per heavy atom. The van der Waals surface area contributed by atoms with Crippen molar-refractivity contribution in [3.63, 3.8) is 0 Å². The predicted molar refractivity (Wildman–Crippen MR) is 231 cm³/mol. The molecule has 7 amide bonds. The molecule has 4 aliphatic heterocycles. The number of benzene rings is 2. The maximum Gasteiger partial charge on any atom is 0.262 e. The van der Waals surface area contributed by atoms with Crippen LogP contribution in [0.25, 0.3) is 0 Å². The second-order valence-electron chi connectivity index (χ2n) is 17.2. The third kappa shape index (κ3) is 9.09. The van der Waals surface area contributed by atoms with Crippen LogP contribution in [0.4, 0.5) is 11.6 Å². The number of imide groups is 2. The molecule has 1 unspecified atom stereocenters. The summed E-state index contributed by atoms with van der Waals surface area (Å²) in [5.74, 6) is -1.27. The van der Waals surface area contributed by atoms with Crippen LogP contribution in [0.5, 0.6) is 0 Å². The van der Waals surface area contributed by atoms with E-state index < -0.39 is 35.6 Å². The van der Waals surface area contributed by atoms with Gasteiger partial charge in [0, 0.05) is 49.5 Å². The Balaban J connectivity index is 0.747. The van der Waals surface area contributed by atoms with Crippen molar-refractivity contribution >= 4 is 64.6 Å². The van der Waals surface area contributed by atoms with Crippen LogP contribution in [0.3, 0.4) is 0 Å². The third-order valence-electron chi connectivity index (χ3n) is 13.0. The van der Waals surface area contributed by atoms with Crippen LogP contribution in [0.15, 0.2) is 48.8 Å². The first kappa shape index (κ1) is 43.0. The van der Waals surface area contributed by atoms with E-state index in [4.69, 9.17) is 11.6 Å². The fourth-order valence-corrected chi connectivity index (χ4v) is 9.78. The summed E-state index contributed by atoms with van der Waals surface area (Å²) in [6.07, 6.45) is 11.6. The Morgan fingerprint density at radius 2 is 1.60 bits per heavy atom. The van der Waals surface area contributed by atoms with E-state index in [1.807, 2.05) is 30.0 Å². The molecule has 16 heteroatoms. The van der Waals surface area contributed by atoms with Crippen molar-refractivity contribution in [1.82, 2.24) is 30.4 Å². The lowest BCUT2D eigenvalue weighted by molar-refractivity contribution is -0.136. The minimum Gasteiger partial charge on any atom is -0.355 e.